The Morgan fingerprint density at radius 3 is 2.62 bits per heavy atom. The van der Waals surface area contributed by atoms with Crippen LogP contribution >= 0.6 is 0 Å². The molecule has 0 spiro atoms. The van der Waals surface area contributed by atoms with Crippen molar-refractivity contribution >= 4 is 23.5 Å². The number of halogens is 1. The number of aromatic nitrogens is 4. The van der Waals surface area contributed by atoms with Crippen LogP contribution in [0.15, 0.2) is 85.2 Å². The lowest BCUT2D eigenvalue weighted by molar-refractivity contribution is -0.121. The average molecular weight is 655 g/mol. The standard InChI is InChI=1S/C35H39FN8O4/c1-3-43-34-28(22-38-44(34)27-10-5-4-6-11-27)30(31(35(43)47)39-33(46)29-12-14-42(40-29)15-13-36)26-9-7-8-25(20-26)21-37-32(45)24(2)23-41-16-18-48-19-17-41/h4-12,14,20,22,30-31H,2-3,13,15-19,21,23H2,1H3,(H,37,45)(H,39,46)/t30-,31+/m1/s1. The van der Waals surface area contributed by atoms with Crippen LogP contribution in [0.5, 0.6) is 0 Å². The van der Waals surface area contributed by atoms with Crippen molar-refractivity contribution in [1.82, 2.24) is 35.1 Å². The Hall–Kier alpha value is -5.14. The maximum atomic E-state index is 14.3. The van der Waals surface area contributed by atoms with E-state index in [1.54, 1.807) is 15.8 Å². The molecule has 4 aromatic rings. The second-order valence-electron chi connectivity index (χ2n) is 11.8. The Kier molecular flexibility index (Phi) is 10.1. The highest BCUT2D eigenvalue weighted by atomic mass is 19.1. The predicted octanol–water partition coefficient (Wildman–Crippen LogP) is 2.84. The molecule has 13 heteroatoms. The first-order valence-electron chi connectivity index (χ1n) is 16.1. The number of benzene rings is 2. The van der Waals surface area contributed by atoms with Crippen LogP contribution in [-0.4, -0.2) is 94.3 Å². The Labute approximate surface area is 278 Å². The smallest absolute Gasteiger partial charge is 0.272 e. The molecule has 0 aliphatic carbocycles. The number of alkyl halides is 1. The molecular weight excluding hydrogens is 615 g/mol. The van der Waals surface area contributed by atoms with E-state index in [0.29, 0.717) is 37.7 Å². The van der Waals surface area contributed by atoms with Crippen LogP contribution in [0, 0.1) is 0 Å². The van der Waals surface area contributed by atoms with Crippen molar-refractivity contribution in [2.45, 2.75) is 32.0 Å². The minimum absolute atomic E-state index is 0.0216. The van der Waals surface area contributed by atoms with Gasteiger partial charge in [0.15, 0.2) is 0 Å². The number of amides is 3. The van der Waals surface area contributed by atoms with Crippen LogP contribution in [0.4, 0.5) is 10.2 Å². The highest BCUT2D eigenvalue weighted by molar-refractivity contribution is 6.04. The number of hydrogen-bond donors (Lipinski definition) is 2. The fourth-order valence-electron chi connectivity index (χ4n) is 6.23. The summed E-state index contributed by atoms with van der Waals surface area (Å²) in [6.07, 6.45) is 3.27. The third-order valence-corrected chi connectivity index (χ3v) is 8.62. The summed E-state index contributed by atoms with van der Waals surface area (Å²) < 4.78 is 21.4. The molecule has 2 aromatic carbocycles. The summed E-state index contributed by atoms with van der Waals surface area (Å²) in [6, 6.07) is 17.7. The van der Waals surface area contributed by atoms with Gasteiger partial charge >= 0.3 is 0 Å². The monoisotopic (exact) mass is 654 g/mol. The van der Waals surface area contributed by atoms with E-state index in [1.165, 1.54) is 16.9 Å². The van der Waals surface area contributed by atoms with Crippen molar-refractivity contribution in [2.75, 3.05) is 51.0 Å². The molecular formula is C35H39FN8O4. The van der Waals surface area contributed by atoms with E-state index >= 15 is 0 Å². The first-order chi connectivity index (χ1) is 23.4. The number of rotatable bonds is 12. The number of hydrogen-bond acceptors (Lipinski definition) is 7. The van der Waals surface area contributed by atoms with Crippen LogP contribution < -0.4 is 15.5 Å². The van der Waals surface area contributed by atoms with E-state index in [4.69, 9.17) is 9.84 Å². The highest BCUT2D eigenvalue weighted by Crippen LogP contribution is 2.41. The summed E-state index contributed by atoms with van der Waals surface area (Å²) in [5.74, 6) is -1.08. The number of fused-ring (bicyclic) bond motifs is 1. The van der Waals surface area contributed by atoms with Crippen molar-refractivity contribution < 1.29 is 23.5 Å². The fraction of sp³-hybridized carbons (Fsp3) is 0.343. The van der Waals surface area contributed by atoms with Crippen molar-refractivity contribution in [2.24, 2.45) is 0 Å². The number of para-hydroxylation sites is 1. The zero-order valence-electron chi connectivity index (χ0n) is 26.8. The minimum atomic E-state index is -0.997. The Bertz CT molecular complexity index is 1780. The van der Waals surface area contributed by atoms with E-state index in [9.17, 15) is 18.8 Å². The third-order valence-electron chi connectivity index (χ3n) is 8.62. The number of anilines is 1. The summed E-state index contributed by atoms with van der Waals surface area (Å²) >= 11 is 0. The van der Waals surface area contributed by atoms with Gasteiger partial charge in [-0.2, -0.15) is 10.2 Å². The van der Waals surface area contributed by atoms with Gasteiger partial charge < -0.3 is 15.4 Å². The lowest BCUT2D eigenvalue weighted by Crippen LogP contribution is -2.55. The molecule has 48 heavy (non-hydrogen) atoms. The Morgan fingerprint density at radius 2 is 1.88 bits per heavy atom. The van der Waals surface area contributed by atoms with Gasteiger partial charge in [0.2, 0.25) is 5.91 Å². The summed E-state index contributed by atoms with van der Waals surface area (Å²) in [5, 5.41) is 14.8. The van der Waals surface area contributed by atoms with Gasteiger partial charge in [0, 0.05) is 56.0 Å². The lowest BCUT2D eigenvalue weighted by atomic mass is 9.82. The number of nitrogens with zero attached hydrogens (tertiary/aromatic N) is 6. The molecule has 12 nitrogen and oxygen atoms in total. The molecule has 0 radical (unpaired) electrons. The number of aryl methyl sites for hydroxylation is 1. The van der Waals surface area contributed by atoms with E-state index < -0.39 is 24.5 Å². The van der Waals surface area contributed by atoms with Crippen LogP contribution in [0.25, 0.3) is 5.69 Å². The lowest BCUT2D eigenvalue weighted by Gasteiger charge is -2.38. The molecule has 6 rings (SSSR count). The zero-order valence-corrected chi connectivity index (χ0v) is 26.8. The predicted molar refractivity (Wildman–Crippen MR) is 178 cm³/mol. The van der Waals surface area contributed by atoms with E-state index in [-0.39, 0.29) is 30.6 Å². The first-order valence-corrected chi connectivity index (χ1v) is 16.1. The molecule has 2 aliphatic heterocycles. The van der Waals surface area contributed by atoms with Gasteiger partial charge in [-0.15, -0.1) is 0 Å². The second-order valence-corrected chi connectivity index (χ2v) is 11.8. The molecule has 2 aromatic heterocycles. The van der Waals surface area contributed by atoms with Crippen LogP contribution in [0.1, 0.15) is 40.0 Å². The van der Waals surface area contributed by atoms with Crippen molar-refractivity contribution in [3.05, 3.63) is 108 Å². The zero-order chi connectivity index (χ0) is 33.6. The normalized spacial score (nSPS) is 18.0. The van der Waals surface area contributed by atoms with Gasteiger partial charge in [0.25, 0.3) is 11.8 Å². The van der Waals surface area contributed by atoms with Gasteiger partial charge in [0.1, 0.15) is 24.2 Å². The first kappa shape index (κ1) is 32.8. The largest absolute Gasteiger partial charge is 0.379 e. The molecule has 3 amide bonds. The van der Waals surface area contributed by atoms with Crippen LogP contribution in [-0.2, 0) is 27.4 Å². The molecule has 2 N–H and O–H groups in total. The highest BCUT2D eigenvalue weighted by Gasteiger charge is 2.44. The molecule has 2 aliphatic rings. The number of carbonyl (C=O) groups excluding carboxylic acids is 3. The maximum Gasteiger partial charge on any atom is 0.272 e. The van der Waals surface area contributed by atoms with Crippen molar-refractivity contribution in [1.29, 1.82) is 0 Å². The summed E-state index contributed by atoms with van der Waals surface area (Å²) in [7, 11) is 0. The number of likely N-dealkylation sites (N-methyl/N-ethyl adjacent to an activating group) is 1. The maximum absolute atomic E-state index is 14.3. The SMILES string of the molecule is C=C(CN1CCOCC1)C(=O)NCc1cccc([C@@H]2c3cnn(-c4ccccc4)c3N(CC)C(=O)[C@H]2NC(=O)c2ccn(CCF)n2)c1. The molecule has 1 fully saturated rings. The van der Waals surface area contributed by atoms with Crippen molar-refractivity contribution in [3.8, 4) is 5.69 Å². The van der Waals surface area contributed by atoms with Crippen LogP contribution in [0.3, 0.4) is 0 Å². The van der Waals surface area contributed by atoms with Gasteiger partial charge in [0.05, 0.1) is 31.6 Å². The summed E-state index contributed by atoms with van der Waals surface area (Å²) in [5.41, 5.74) is 3.68. The number of ether oxygens (including phenoxy) is 1. The summed E-state index contributed by atoms with van der Waals surface area (Å²) in [4.78, 5) is 44.5. The van der Waals surface area contributed by atoms with Crippen molar-refractivity contribution in [3.63, 3.8) is 0 Å². The quantitative estimate of drug-likeness (QED) is 0.225. The Morgan fingerprint density at radius 1 is 1.08 bits per heavy atom. The number of nitrogens with one attached hydrogen (secondary N) is 2. The number of morpholine rings is 1. The molecule has 1 saturated heterocycles. The van der Waals surface area contributed by atoms with Crippen LogP contribution in [0.2, 0.25) is 0 Å². The van der Waals surface area contributed by atoms with E-state index in [0.717, 1.165) is 35.5 Å². The molecule has 250 valence electrons. The van der Waals surface area contributed by atoms with Gasteiger partial charge in [-0.3, -0.25) is 28.9 Å². The molecule has 0 unspecified atom stereocenters. The van der Waals surface area contributed by atoms with Gasteiger partial charge in [-0.1, -0.05) is 49.0 Å². The third kappa shape index (κ3) is 6.92. The summed E-state index contributed by atoms with van der Waals surface area (Å²) in [6.45, 7) is 9.10. The van der Waals surface area contributed by atoms with Gasteiger partial charge in [-0.25, -0.2) is 9.07 Å². The Balaban J connectivity index is 1.31. The van der Waals surface area contributed by atoms with E-state index in [2.05, 4.69) is 27.2 Å². The molecule has 2 atom stereocenters. The topological polar surface area (TPSA) is 127 Å². The molecule has 4 heterocycles. The average Bonchev–Trinajstić information content (AvgIpc) is 3.77. The second kappa shape index (κ2) is 14.7. The number of carbonyl (C=O) groups is 3. The van der Waals surface area contributed by atoms with E-state index in [1.807, 2.05) is 61.5 Å². The molecule has 0 bridgehead atoms. The fourth-order valence-corrected chi connectivity index (χ4v) is 6.23. The van der Waals surface area contributed by atoms with Gasteiger partial charge in [-0.05, 0) is 36.2 Å². The molecule has 0 saturated carbocycles. The minimum Gasteiger partial charge on any atom is -0.379 e.